The van der Waals surface area contributed by atoms with E-state index >= 15 is 0 Å². The van der Waals surface area contributed by atoms with E-state index in [-0.39, 0.29) is 17.2 Å². The Balaban J connectivity index is 1.94. The second kappa shape index (κ2) is 7.61. The number of rotatable bonds is 7. The van der Waals surface area contributed by atoms with E-state index in [4.69, 9.17) is 0 Å². The SMILES string of the molecule is CCN(CC)CCn1cc(NC(=O)c2ccccc2O)cn1. The van der Waals surface area contributed by atoms with Gasteiger partial charge in [0.2, 0.25) is 0 Å². The van der Waals surface area contributed by atoms with Gasteiger partial charge in [0.25, 0.3) is 5.91 Å². The molecular weight excluding hydrogens is 280 g/mol. The van der Waals surface area contributed by atoms with Crippen molar-refractivity contribution in [2.24, 2.45) is 0 Å². The molecule has 0 fully saturated rings. The molecule has 0 bridgehead atoms. The van der Waals surface area contributed by atoms with Crippen molar-refractivity contribution in [1.29, 1.82) is 0 Å². The quantitative estimate of drug-likeness (QED) is 0.822. The molecule has 0 aliphatic rings. The molecule has 0 saturated carbocycles. The summed E-state index contributed by atoms with van der Waals surface area (Å²) in [5, 5.41) is 16.7. The van der Waals surface area contributed by atoms with E-state index < -0.39 is 0 Å². The first-order chi connectivity index (χ1) is 10.6. The average Bonchev–Trinajstić information content (AvgIpc) is 2.96. The summed E-state index contributed by atoms with van der Waals surface area (Å²) in [5.41, 5.74) is 0.867. The van der Waals surface area contributed by atoms with E-state index in [0.29, 0.717) is 5.69 Å². The third-order valence-corrected chi connectivity index (χ3v) is 3.58. The maximum atomic E-state index is 12.1. The number of nitrogens with zero attached hydrogens (tertiary/aromatic N) is 3. The molecule has 2 rings (SSSR count). The van der Waals surface area contributed by atoms with Crippen molar-refractivity contribution in [3.05, 3.63) is 42.2 Å². The summed E-state index contributed by atoms with van der Waals surface area (Å²) >= 11 is 0. The number of anilines is 1. The predicted octanol–water partition coefficient (Wildman–Crippen LogP) is 2.18. The van der Waals surface area contributed by atoms with Crippen molar-refractivity contribution in [3.8, 4) is 5.75 Å². The van der Waals surface area contributed by atoms with Gasteiger partial charge in [0.15, 0.2) is 0 Å². The molecule has 1 amide bonds. The minimum absolute atomic E-state index is 0.0334. The molecule has 1 heterocycles. The molecule has 0 unspecified atom stereocenters. The number of aromatic hydroxyl groups is 1. The second-order valence-corrected chi connectivity index (χ2v) is 4.99. The summed E-state index contributed by atoms with van der Waals surface area (Å²) in [7, 11) is 0. The van der Waals surface area contributed by atoms with Crippen LogP contribution in [0.2, 0.25) is 0 Å². The number of carbonyl (C=O) groups excluding carboxylic acids is 1. The number of carbonyl (C=O) groups is 1. The molecule has 0 spiro atoms. The first-order valence-electron chi connectivity index (χ1n) is 7.48. The molecule has 118 valence electrons. The van der Waals surface area contributed by atoms with Crippen molar-refractivity contribution in [3.63, 3.8) is 0 Å². The molecule has 2 N–H and O–H groups in total. The van der Waals surface area contributed by atoms with Crippen molar-refractivity contribution in [2.75, 3.05) is 25.0 Å². The Morgan fingerprint density at radius 1 is 1.32 bits per heavy atom. The largest absolute Gasteiger partial charge is 0.507 e. The van der Waals surface area contributed by atoms with Crippen LogP contribution in [-0.4, -0.2) is 45.3 Å². The van der Waals surface area contributed by atoms with Crippen LogP contribution in [0.3, 0.4) is 0 Å². The number of hydrogen-bond donors (Lipinski definition) is 2. The number of phenolic OH excluding ortho intramolecular Hbond substituents is 1. The van der Waals surface area contributed by atoms with Gasteiger partial charge in [-0.05, 0) is 25.2 Å². The molecule has 6 heteroatoms. The summed E-state index contributed by atoms with van der Waals surface area (Å²) in [6, 6.07) is 6.46. The Kier molecular flexibility index (Phi) is 5.55. The van der Waals surface area contributed by atoms with Gasteiger partial charge in [-0.1, -0.05) is 26.0 Å². The van der Waals surface area contributed by atoms with Crippen LogP contribution in [0, 0.1) is 0 Å². The van der Waals surface area contributed by atoms with Gasteiger partial charge in [-0.2, -0.15) is 5.10 Å². The lowest BCUT2D eigenvalue weighted by Crippen LogP contribution is -2.27. The van der Waals surface area contributed by atoms with E-state index in [2.05, 4.69) is 29.2 Å². The Labute approximate surface area is 130 Å². The molecule has 22 heavy (non-hydrogen) atoms. The Hall–Kier alpha value is -2.34. The van der Waals surface area contributed by atoms with Gasteiger partial charge in [-0.15, -0.1) is 0 Å². The second-order valence-electron chi connectivity index (χ2n) is 4.99. The highest BCUT2D eigenvalue weighted by molar-refractivity contribution is 6.05. The number of nitrogens with one attached hydrogen (secondary N) is 1. The normalized spacial score (nSPS) is 10.9. The topological polar surface area (TPSA) is 70.4 Å². The number of hydrogen-bond acceptors (Lipinski definition) is 4. The zero-order valence-corrected chi connectivity index (χ0v) is 13.0. The fourth-order valence-corrected chi connectivity index (χ4v) is 2.20. The van der Waals surface area contributed by atoms with Crippen molar-refractivity contribution in [2.45, 2.75) is 20.4 Å². The van der Waals surface area contributed by atoms with E-state index in [1.807, 2.05) is 0 Å². The molecule has 0 aliphatic carbocycles. The summed E-state index contributed by atoms with van der Waals surface area (Å²) < 4.78 is 1.80. The van der Waals surface area contributed by atoms with Crippen LogP contribution in [-0.2, 0) is 6.54 Å². The molecule has 2 aromatic rings. The summed E-state index contributed by atoms with van der Waals surface area (Å²) in [6.45, 7) is 7.97. The summed E-state index contributed by atoms with van der Waals surface area (Å²) in [5.74, 6) is -0.379. The van der Waals surface area contributed by atoms with Gasteiger partial charge in [-0.25, -0.2) is 0 Å². The van der Waals surface area contributed by atoms with Gasteiger partial charge in [0.05, 0.1) is 24.0 Å². The van der Waals surface area contributed by atoms with Gasteiger partial charge in [0.1, 0.15) is 5.75 Å². The lowest BCUT2D eigenvalue weighted by molar-refractivity contribution is 0.102. The number of likely N-dealkylation sites (N-methyl/N-ethyl adjacent to an activating group) is 1. The number of para-hydroxylation sites is 1. The fraction of sp³-hybridized carbons (Fsp3) is 0.375. The summed E-state index contributed by atoms with van der Waals surface area (Å²) in [6.07, 6.45) is 3.40. The van der Waals surface area contributed by atoms with E-state index in [9.17, 15) is 9.90 Å². The standard InChI is InChI=1S/C16H22N4O2/c1-3-19(4-2)9-10-20-12-13(11-17-20)18-16(22)14-7-5-6-8-15(14)21/h5-8,11-12,21H,3-4,9-10H2,1-2H3,(H,18,22). The summed E-state index contributed by atoms with van der Waals surface area (Å²) in [4.78, 5) is 14.4. The Morgan fingerprint density at radius 3 is 2.73 bits per heavy atom. The number of amides is 1. The van der Waals surface area contributed by atoms with Crippen molar-refractivity contribution >= 4 is 11.6 Å². The van der Waals surface area contributed by atoms with Crippen LogP contribution in [0.1, 0.15) is 24.2 Å². The minimum atomic E-state index is -0.346. The van der Waals surface area contributed by atoms with Crippen LogP contribution < -0.4 is 5.32 Å². The van der Waals surface area contributed by atoms with Crippen LogP contribution >= 0.6 is 0 Å². The van der Waals surface area contributed by atoms with Gasteiger partial charge in [0, 0.05) is 12.7 Å². The third kappa shape index (κ3) is 4.08. The molecule has 1 aromatic carbocycles. The molecular formula is C16H22N4O2. The number of phenols is 1. The fourth-order valence-electron chi connectivity index (χ4n) is 2.20. The van der Waals surface area contributed by atoms with E-state index in [1.54, 1.807) is 35.3 Å². The first kappa shape index (κ1) is 16.0. The van der Waals surface area contributed by atoms with Gasteiger partial charge in [-0.3, -0.25) is 9.48 Å². The lowest BCUT2D eigenvalue weighted by Gasteiger charge is -2.17. The van der Waals surface area contributed by atoms with Crippen LogP contribution in [0.4, 0.5) is 5.69 Å². The Morgan fingerprint density at radius 2 is 2.05 bits per heavy atom. The smallest absolute Gasteiger partial charge is 0.259 e. The van der Waals surface area contributed by atoms with Crippen molar-refractivity contribution in [1.82, 2.24) is 14.7 Å². The highest BCUT2D eigenvalue weighted by atomic mass is 16.3. The van der Waals surface area contributed by atoms with E-state index in [1.165, 1.54) is 6.07 Å². The molecule has 0 aliphatic heterocycles. The van der Waals surface area contributed by atoms with Crippen LogP contribution in [0.15, 0.2) is 36.7 Å². The highest BCUT2D eigenvalue weighted by Gasteiger charge is 2.11. The van der Waals surface area contributed by atoms with E-state index in [0.717, 1.165) is 26.2 Å². The Bertz CT molecular complexity index is 620. The molecule has 0 saturated heterocycles. The van der Waals surface area contributed by atoms with Crippen LogP contribution in [0.5, 0.6) is 5.75 Å². The highest BCUT2D eigenvalue weighted by Crippen LogP contribution is 2.17. The molecule has 0 atom stereocenters. The first-order valence-corrected chi connectivity index (χ1v) is 7.48. The maximum Gasteiger partial charge on any atom is 0.259 e. The monoisotopic (exact) mass is 302 g/mol. The average molecular weight is 302 g/mol. The predicted molar refractivity (Wildman–Crippen MR) is 86.1 cm³/mol. The van der Waals surface area contributed by atoms with Crippen LogP contribution in [0.25, 0.3) is 0 Å². The molecule has 6 nitrogen and oxygen atoms in total. The third-order valence-electron chi connectivity index (χ3n) is 3.58. The minimum Gasteiger partial charge on any atom is -0.507 e. The molecule has 1 aromatic heterocycles. The zero-order chi connectivity index (χ0) is 15.9. The maximum absolute atomic E-state index is 12.1. The lowest BCUT2D eigenvalue weighted by atomic mass is 10.2. The molecule has 0 radical (unpaired) electrons. The van der Waals surface area contributed by atoms with Gasteiger partial charge >= 0.3 is 0 Å². The van der Waals surface area contributed by atoms with Crippen molar-refractivity contribution < 1.29 is 9.90 Å². The zero-order valence-electron chi connectivity index (χ0n) is 13.0. The number of aromatic nitrogens is 2. The van der Waals surface area contributed by atoms with Gasteiger partial charge < -0.3 is 15.3 Å². The number of benzene rings is 1.